The van der Waals surface area contributed by atoms with Gasteiger partial charge in [-0.3, -0.25) is 4.79 Å². The molecule has 1 aromatic rings. The Morgan fingerprint density at radius 3 is 1.81 bits per heavy atom. The lowest BCUT2D eigenvalue weighted by molar-refractivity contribution is -0.119. The molecule has 0 aliphatic carbocycles. The number of hydrogen-bond acceptors (Lipinski definition) is 1. The van der Waals surface area contributed by atoms with Crippen LogP contribution in [0, 0.1) is 16.2 Å². The van der Waals surface area contributed by atoms with Crippen molar-refractivity contribution in [2.75, 3.05) is 6.16 Å². The molecule has 1 nitrogen and oxygen atoms in total. The van der Waals surface area contributed by atoms with Crippen molar-refractivity contribution in [3.05, 3.63) is 29.8 Å². The van der Waals surface area contributed by atoms with Gasteiger partial charge in [0.25, 0.3) is 0 Å². The number of rotatable bonds is 8. The van der Waals surface area contributed by atoms with E-state index in [4.69, 9.17) is 0 Å². The minimum Gasteiger partial charge on any atom is -0.294 e. The van der Waals surface area contributed by atoms with Gasteiger partial charge < -0.3 is 0 Å². The Kier molecular flexibility index (Phi) is 7.69. The lowest BCUT2D eigenvalue weighted by Crippen LogP contribution is -2.28. The van der Waals surface area contributed by atoms with Crippen molar-refractivity contribution in [2.24, 2.45) is 16.2 Å². The fraction of sp³-hybridized carbons (Fsp3) is 0.696. The smallest absolute Gasteiger partial charge is 0.161 e. The first kappa shape index (κ1) is 23.8. The molecule has 0 spiro atoms. The maximum absolute atomic E-state index is 12.8. The van der Waals surface area contributed by atoms with Crippen LogP contribution in [0.2, 0.25) is 0 Å². The minimum absolute atomic E-state index is 0.136. The summed E-state index contributed by atoms with van der Waals surface area (Å²) in [6, 6.07) is 8.78. The predicted octanol–water partition coefficient (Wildman–Crippen LogP) is 6.55. The molecular formula is C23H40OP2. The highest BCUT2D eigenvalue weighted by Crippen LogP contribution is 2.40. The van der Waals surface area contributed by atoms with Crippen molar-refractivity contribution < 1.29 is 4.79 Å². The Balaban J connectivity index is 2.86. The van der Waals surface area contributed by atoms with Crippen molar-refractivity contribution in [3.63, 3.8) is 0 Å². The molecule has 0 saturated heterocycles. The Hall–Kier alpha value is -0.250. The second-order valence-electron chi connectivity index (χ2n) is 11.1. The third kappa shape index (κ3) is 7.40. The molecule has 0 N–H and O–H groups in total. The fourth-order valence-electron chi connectivity index (χ4n) is 4.08. The molecule has 1 rings (SSSR count). The molecule has 0 fully saturated rings. The van der Waals surface area contributed by atoms with Gasteiger partial charge in [-0.15, -0.1) is 9.24 Å². The Bertz CT molecular complexity index is 604. The van der Waals surface area contributed by atoms with Gasteiger partial charge in [0.1, 0.15) is 0 Å². The van der Waals surface area contributed by atoms with E-state index in [9.17, 15) is 4.79 Å². The molecule has 0 aromatic heterocycles. The van der Waals surface area contributed by atoms with Gasteiger partial charge in [0.05, 0.1) is 0 Å². The molecule has 26 heavy (non-hydrogen) atoms. The molecule has 2 unspecified atom stereocenters. The molecule has 0 aliphatic rings. The van der Waals surface area contributed by atoms with Gasteiger partial charge in [-0.2, -0.15) is 0 Å². The van der Waals surface area contributed by atoms with Crippen LogP contribution >= 0.6 is 17.8 Å². The van der Waals surface area contributed by atoms with Crippen LogP contribution in [0.4, 0.5) is 0 Å². The highest BCUT2D eigenvalue weighted by molar-refractivity contribution is 7.65. The van der Waals surface area contributed by atoms with Crippen LogP contribution in [-0.2, 0) is 10.2 Å². The molecular weight excluding hydrogens is 354 g/mol. The number of hydrogen-bond donors (Lipinski definition) is 0. The van der Waals surface area contributed by atoms with Crippen molar-refractivity contribution in [1.29, 1.82) is 0 Å². The zero-order chi connectivity index (χ0) is 20.4. The molecule has 1 aromatic carbocycles. The summed E-state index contributed by atoms with van der Waals surface area (Å²) in [5.74, 6) is 0. The normalized spacial score (nSPS) is 14.2. The lowest BCUT2D eigenvalue weighted by atomic mass is 9.72. The van der Waals surface area contributed by atoms with E-state index in [0.717, 1.165) is 24.3 Å². The molecule has 3 heteroatoms. The summed E-state index contributed by atoms with van der Waals surface area (Å²) in [6.45, 7) is 20.1. The molecule has 2 atom stereocenters. The van der Waals surface area contributed by atoms with Gasteiger partial charge in [-0.1, -0.05) is 86.6 Å². The van der Waals surface area contributed by atoms with E-state index in [1.807, 2.05) is 0 Å². The van der Waals surface area contributed by atoms with Gasteiger partial charge in [-0.05, 0) is 54.7 Å². The maximum atomic E-state index is 12.8. The molecule has 0 radical (unpaired) electrons. The van der Waals surface area contributed by atoms with Gasteiger partial charge in [0, 0.05) is 5.41 Å². The average molecular weight is 395 g/mol. The van der Waals surface area contributed by atoms with E-state index in [1.54, 1.807) is 0 Å². The predicted molar refractivity (Wildman–Crippen MR) is 123 cm³/mol. The van der Waals surface area contributed by atoms with Gasteiger partial charge >= 0.3 is 0 Å². The summed E-state index contributed by atoms with van der Waals surface area (Å²) in [6.07, 6.45) is 3.16. The third-order valence-corrected chi connectivity index (χ3v) is 7.62. The number of benzene rings is 1. The van der Waals surface area contributed by atoms with Crippen molar-refractivity contribution in [1.82, 2.24) is 0 Å². The standard InChI is InChI=1S/C23H40OP2/c1-20(2,3)14-23(8,9)19(24)26-18-12-10-17(11-13-18)22(6,7)15-21(4,5)16-25/h10-13,26H,14-16,25H2,1-9H3. The van der Waals surface area contributed by atoms with E-state index in [2.05, 4.69) is 95.8 Å². The molecule has 148 valence electrons. The summed E-state index contributed by atoms with van der Waals surface area (Å²) in [5.41, 5.74) is 2.07. The van der Waals surface area contributed by atoms with Crippen molar-refractivity contribution in [2.45, 2.75) is 80.6 Å². The van der Waals surface area contributed by atoms with Gasteiger partial charge in [0.2, 0.25) is 0 Å². The first-order chi connectivity index (χ1) is 11.6. The summed E-state index contributed by atoms with van der Waals surface area (Å²) in [4.78, 5) is 12.8. The van der Waals surface area contributed by atoms with Crippen LogP contribution in [-0.4, -0.2) is 11.7 Å². The largest absolute Gasteiger partial charge is 0.294 e. The first-order valence-corrected chi connectivity index (χ1v) is 11.5. The van der Waals surface area contributed by atoms with Gasteiger partial charge in [0.15, 0.2) is 5.52 Å². The monoisotopic (exact) mass is 394 g/mol. The van der Waals surface area contributed by atoms with Crippen LogP contribution in [0.3, 0.4) is 0 Å². The van der Waals surface area contributed by atoms with Crippen LogP contribution in [0.25, 0.3) is 0 Å². The molecule has 0 saturated carbocycles. The van der Waals surface area contributed by atoms with Crippen LogP contribution in [0.5, 0.6) is 0 Å². The quantitative estimate of drug-likeness (QED) is 0.457. The minimum atomic E-state index is -0.266. The summed E-state index contributed by atoms with van der Waals surface area (Å²) < 4.78 is 0. The highest BCUT2D eigenvalue weighted by atomic mass is 31.1. The van der Waals surface area contributed by atoms with Crippen LogP contribution < -0.4 is 5.30 Å². The maximum Gasteiger partial charge on any atom is 0.161 e. The average Bonchev–Trinajstić information content (AvgIpc) is 2.44. The second-order valence-corrected chi connectivity index (χ2v) is 12.8. The zero-order valence-electron chi connectivity index (χ0n) is 18.4. The first-order valence-electron chi connectivity index (χ1n) is 9.70. The number of carbonyl (C=O) groups excluding carboxylic acids is 1. The van der Waals surface area contributed by atoms with E-state index >= 15 is 0 Å². The van der Waals surface area contributed by atoms with Gasteiger partial charge in [-0.25, -0.2) is 0 Å². The third-order valence-electron chi connectivity index (χ3n) is 4.98. The lowest BCUT2D eigenvalue weighted by Gasteiger charge is -2.35. The van der Waals surface area contributed by atoms with E-state index in [0.29, 0.717) is 10.9 Å². The summed E-state index contributed by atoms with van der Waals surface area (Å²) >= 11 is 0. The van der Waals surface area contributed by atoms with Crippen LogP contribution in [0.1, 0.15) is 80.7 Å². The van der Waals surface area contributed by atoms with Crippen molar-refractivity contribution >= 4 is 28.6 Å². The molecule has 0 bridgehead atoms. The zero-order valence-corrected chi connectivity index (χ0v) is 20.6. The second kappa shape index (κ2) is 8.41. The molecule has 0 amide bonds. The van der Waals surface area contributed by atoms with E-state index < -0.39 is 0 Å². The fourth-order valence-corrected chi connectivity index (χ4v) is 5.25. The number of carbonyl (C=O) groups is 1. The molecule has 0 heterocycles. The Morgan fingerprint density at radius 1 is 0.885 bits per heavy atom. The highest BCUT2D eigenvalue weighted by Gasteiger charge is 2.32. The Labute approximate surface area is 166 Å². The topological polar surface area (TPSA) is 17.1 Å². The summed E-state index contributed by atoms with van der Waals surface area (Å²) in [7, 11) is 3.12. The Morgan fingerprint density at radius 2 is 1.38 bits per heavy atom. The summed E-state index contributed by atoms with van der Waals surface area (Å²) in [5, 5.41) is 1.15. The SMILES string of the molecule is CC(C)(C)CC(C)(C)C(=O)Pc1ccc(C(C)(C)CC(C)(C)CP)cc1. The van der Waals surface area contributed by atoms with E-state index in [1.165, 1.54) is 5.56 Å². The van der Waals surface area contributed by atoms with E-state index in [-0.39, 0.29) is 24.8 Å². The van der Waals surface area contributed by atoms with Crippen LogP contribution in [0.15, 0.2) is 24.3 Å². The molecule has 0 aliphatic heterocycles. The van der Waals surface area contributed by atoms with Crippen molar-refractivity contribution in [3.8, 4) is 0 Å².